The lowest BCUT2D eigenvalue weighted by atomic mass is 10.3. The van der Waals surface area contributed by atoms with Gasteiger partial charge in [-0.15, -0.1) is 15.4 Å². The number of alkyl halides is 1. The standard InChI is InChI=1S/C9H12ClNO4S2/c1-15-8-4-3-5-9(6-8)16(2,12)11-17(13,14)7-10/h3-6H,7H2,1-2H3. The molecule has 1 aromatic rings. The second-order valence-electron chi connectivity index (χ2n) is 3.25. The van der Waals surface area contributed by atoms with Crippen LogP contribution in [0.5, 0.6) is 5.75 Å². The normalized spacial score (nSPS) is 15.0. The Labute approximate surface area is 106 Å². The molecule has 0 N–H and O–H groups in total. The third-order valence-electron chi connectivity index (χ3n) is 1.87. The summed E-state index contributed by atoms with van der Waals surface area (Å²) >= 11 is 5.21. The highest BCUT2D eigenvalue weighted by Crippen LogP contribution is 2.19. The Bertz CT molecular complexity index is 618. The van der Waals surface area contributed by atoms with Crippen LogP contribution in [-0.2, 0) is 19.8 Å². The van der Waals surface area contributed by atoms with Crippen LogP contribution in [0.25, 0.3) is 0 Å². The molecule has 0 bridgehead atoms. The third-order valence-corrected chi connectivity index (χ3v) is 6.15. The van der Waals surface area contributed by atoms with E-state index in [0.29, 0.717) is 5.75 Å². The summed E-state index contributed by atoms with van der Waals surface area (Å²) in [4.78, 5) is 0.283. The first-order valence-electron chi connectivity index (χ1n) is 4.47. The molecule has 1 rings (SSSR count). The van der Waals surface area contributed by atoms with Crippen molar-refractivity contribution in [2.24, 2.45) is 3.77 Å². The predicted molar refractivity (Wildman–Crippen MR) is 67.4 cm³/mol. The maximum atomic E-state index is 12.2. The molecule has 0 fully saturated rings. The summed E-state index contributed by atoms with van der Waals surface area (Å²) in [6.45, 7) is 0. The first-order chi connectivity index (χ1) is 7.80. The van der Waals surface area contributed by atoms with E-state index in [2.05, 4.69) is 3.77 Å². The molecule has 0 aliphatic heterocycles. The second kappa shape index (κ2) is 5.24. The molecule has 0 saturated carbocycles. The fourth-order valence-electron chi connectivity index (χ4n) is 1.12. The number of hydrogen-bond acceptors (Lipinski definition) is 4. The molecule has 0 radical (unpaired) electrons. The molecular formula is C9H12ClNO4S2. The van der Waals surface area contributed by atoms with Gasteiger partial charge < -0.3 is 4.74 Å². The van der Waals surface area contributed by atoms with Gasteiger partial charge in [0.2, 0.25) is 0 Å². The molecule has 1 unspecified atom stereocenters. The van der Waals surface area contributed by atoms with Crippen molar-refractivity contribution in [2.75, 3.05) is 18.6 Å². The predicted octanol–water partition coefficient (Wildman–Crippen LogP) is 1.68. The average molecular weight is 298 g/mol. The molecule has 0 saturated heterocycles. The average Bonchev–Trinajstić information content (AvgIpc) is 2.28. The van der Waals surface area contributed by atoms with Crippen molar-refractivity contribution in [3.8, 4) is 5.75 Å². The topological polar surface area (TPSA) is 72.8 Å². The van der Waals surface area contributed by atoms with Gasteiger partial charge in [0, 0.05) is 6.26 Å². The van der Waals surface area contributed by atoms with Gasteiger partial charge in [-0.2, -0.15) is 0 Å². The molecule has 0 heterocycles. The van der Waals surface area contributed by atoms with Crippen molar-refractivity contribution in [2.45, 2.75) is 4.90 Å². The Kier molecular flexibility index (Phi) is 4.40. The van der Waals surface area contributed by atoms with Crippen LogP contribution in [-0.4, -0.2) is 31.2 Å². The Morgan fingerprint density at radius 2 is 2.00 bits per heavy atom. The number of benzene rings is 1. The lowest BCUT2D eigenvalue weighted by Crippen LogP contribution is -2.05. The lowest BCUT2D eigenvalue weighted by Gasteiger charge is -2.06. The number of hydrogen-bond donors (Lipinski definition) is 0. The Morgan fingerprint density at radius 1 is 1.35 bits per heavy atom. The van der Waals surface area contributed by atoms with Crippen molar-refractivity contribution in [1.82, 2.24) is 0 Å². The first kappa shape index (κ1) is 14.3. The molecule has 0 aliphatic rings. The van der Waals surface area contributed by atoms with Crippen LogP contribution in [0.15, 0.2) is 32.9 Å². The Balaban J connectivity index is 3.36. The quantitative estimate of drug-likeness (QED) is 0.793. The van der Waals surface area contributed by atoms with Crippen molar-refractivity contribution in [3.05, 3.63) is 24.3 Å². The largest absolute Gasteiger partial charge is 0.497 e. The molecular weight excluding hydrogens is 286 g/mol. The van der Waals surface area contributed by atoms with E-state index in [-0.39, 0.29) is 4.90 Å². The number of rotatable bonds is 4. The van der Waals surface area contributed by atoms with E-state index in [9.17, 15) is 12.6 Å². The highest BCUT2D eigenvalue weighted by molar-refractivity contribution is 8.03. The van der Waals surface area contributed by atoms with Crippen LogP contribution in [0.1, 0.15) is 0 Å². The van der Waals surface area contributed by atoms with Gasteiger partial charge in [-0.1, -0.05) is 6.07 Å². The van der Waals surface area contributed by atoms with Gasteiger partial charge in [0.15, 0.2) is 0 Å². The molecule has 0 amide bonds. The van der Waals surface area contributed by atoms with E-state index in [1.165, 1.54) is 25.5 Å². The zero-order valence-electron chi connectivity index (χ0n) is 9.29. The van der Waals surface area contributed by atoms with Crippen molar-refractivity contribution < 1.29 is 17.4 Å². The molecule has 1 atom stereocenters. The second-order valence-corrected chi connectivity index (χ2v) is 7.96. The smallest absolute Gasteiger partial charge is 0.275 e. The molecule has 5 nitrogen and oxygen atoms in total. The molecule has 8 heteroatoms. The van der Waals surface area contributed by atoms with Gasteiger partial charge in [0.25, 0.3) is 10.0 Å². The zero-order chi connectivity index (χ0) is 13.1. The summed E-state index contributed by atoms with van der Waals surface area (Å²) in [7, 11) is -5.45. The van der Waals surface area contributed by atoms with Gasteiger partial charge in [0.05, 0.1) is 21.7 Å². The summed E-state index contributed by atoms with van der Waals surface area (Å²) < 4.78 is 42.9. The van der Waals surface area contributed by atoms with E-state index in [4.69, 9.17) is 16.3 Å². The fraction of sp³-hybridized carbons (Fsp3) is 0.333. The van der Waals surface area contributed by atoms with Crippen LogP contribution in [0.4, 0.5) is 0 Å². The minimum Gasteiger partial charge on any atom is -0.497 e. The van der Waals surface area contributed by atoms with Crippen molar-refractivity contribution >= 4 is 31.4 Å². The number of methoxy groups -OCH3 is 1. The summed E-state index contributed by atoms with van der Waals surface area (Å²) in [5.74, 6) is 0.482. The highest BCUT2D eigenvalue weighted by atomic mass is 35.5. The first-order valence-corrected chi connectivity index (χ1v) is 8.53. The van der Waals surface area contributed by atoms with E-state index in [1.807, 2.05) is 0 Å². The maximum absolute atomic E-state index is 12.2. The minimum absolute atomic E-state index is 0.283. The van der Waals surface area contributed by atoms with Gasteiger partial charge in [-0.25, -0.2) is 12.6 Å². The van der Waals surface area contributed by atoms with Gasteiger partial charge >= 0.3 is 0 Å². The van der Waals surface area contributed by atoms with E-state index in [1.54, 1.807) is 12.1 Å². The molecule has 0 spiro atoms. The lowest BCUT2D eigenvalue weighted by molar-refractivity contribution is 0.413. The molecule has 1 aromatic carbocycles. The van der Waals surface area contributed by atoms with E-state index >= 15 is 0 Å². The Hall–Kier alpha value is -0.790. The van der Waals surface area contributed by atoms with E-state index in [0.717, 1.165) is 0 Å². The van der Waals surface area contributed by atoms with Crippen LogP contribution in [0.3, 0.4) is 0 Å². The summed E-state index contributed by atoms with van der Waals surface area (Å²) in [6, 6.07) is 6.28. The molecule has 0 aliphatic carbocycles. The number of nitrogens with zero attached hydrogens (tertiary/aromatic N) is 1. The maximum Gasteiger partial charge on any atom is 0.275 e. The highest BCUT2D eigenvalue weighted by Gasteiger charge is 2.14. The number of halogens is 1. The summed E-state index contributed by atoms with van der Waals surface area (Å²) in [5.41, 5.74) is 0. The number of sulfonamides is 1. The monoisotopic (exact) mass is 297 g/mol. The SMILES string of the molecule is COc1cccc(S(C)(=O)=NS(=O)(=O)CCl)c1. The molecule has 17 heavy (non-hydrogen) atoms. The van der Waals surface area contributed by atoms with Crippen molar-refractivity contribution in [3.63, 3.8) is 0 Å². The van der Waals surface area contributed by atoms with Crippen LogP contribution >= 0.6 is 11.6 Å². The van der Waals surface area contributed by atoms with Crippen LogP contribution in [0, 0.1) is 0 Å². The summed E-state index contributed by atoms with van der Waals surface area (Å²) in [5, 5.41) is -0.693. The summed E-state index contributed by atoms with van der Waals surface area (Å²) in [6.07, 6.45) is 1.24. The van der Waals surface area contributed by atoms with Crippen LogP contribution < -0.4 is 4.74 Å². The minimum atomic E-state index is -3.87. The fourth-order valence-corrected chi connectivity index (χ4v) is 4.38. The van der Waals surface area contributed by atoms with Gasteiger partial charge in [-0.05, 0) is 18.2 Å². The molecule has 0 aromatic heterocycles. The van der Waals surface area contributed by atoms with E-state index < -0.39 is 25.0 Å². The van der Waals surface area contributed by atoms with Crippen molar-refractivity contribution in [1.29, 1.82) is 0 Å². The molecule has 96 valence electrons. The number of ether oxygens (including phenoxy) is 1. The van der Waals surface area contributed by atoms with Gasteiger partial charge in [-0.3, -0.25) is 0 Å². The third kappa shape index (κ3) is 3.86. The Morgan fingerprint density at radius 3 is 2.53 bits per heavy atom. The van der Waals surface area contributed by atoms with Crippen LogP contribution in [0.2, 0.25) is 0 Å². The van der Waals surface area contributed by atoms with Gasteiger partial charge in [0.1, 0.15) is 11.0 Å². The zero-order valence-corrected chi connectivity index (χ0v) is 11.7.